The smallest absolute Gasteiger partial charge is 0.305 e. The van der Waals surface area contributed by atoms with Crippen molar-refractivity contribution in [1.29, 1.82) is 0 Å². The highest BCUT2D eigenvalue weighted by Gasteiger charge is 2.25. The Bertz CT molecular complexity index is 567. The van der Waals surface area contributed by atoms with Gasteiger partial charge in [0.15, 0.2) is 0 Å². The Morgan fingerprint density at radius 2 is 2.10 bits per heavy atom. The second-order valence-electron chi connectivity index (χ2n) is 3.93. The van der Waals surface area contributed by atoms with Crippen molar-refractivity contribution in [3.8, 4) is 12.3 Å². The highest BCUT2D eigenvalue weighted by molar-refractivity contribution is 5.95. The van der Waals surface area contributed by atoms with Crippen molar-refractivity contribution in [2.45, 2.75) is 19.3 Å². The van der Waals surface area contributed by atoms with Gasteiger partial charge in [0.2, 0.25) is 5.82 Å². The van der Waals surface area contributed by atoms with Gasteiger partial charge in [-0.25, -0.2) is 4.39 Å². The van der Waals surface area contributed by atoms with Gasteiger partial charge >= 0.3 is 5.69 Å². The molecule has 0 aliphatic carbocycles. The minimum Gasteiger partial charge on any atom is -0.352 e. The molecule has 106 valence electrons. The molecule has 1 rings (SSSR count). The SMILES string of the molecule is C#CCCCCNC(=O)c1c(F)ccc([N+](=O)[O-])c1F. The van der Waals surface area contributed by atoms with Crippen LogP contribution in [0.2, 0.25) is 0 Å². The summed E-state index contributed by atoms with van der Waals surface area (Å²) in [5.74, 6) is -1.23. The van der Waals surface area contributed by atoms with Crippen molar-refractivity contribution in [3.63, 3.8) is 0 Å². The van der Waals surface area contributed by atoms with Crippen LogP contribution < -0.4 is 5.32 Å². The number of nitro groups is 1. The van der Waals surface area contributed by atoms with Gasteiger partial charge in [-0.2, -0.15) is 4.39 Å². The molecule has 0 bridgehead atoms. The van der Waals surface area contributed by atoms with Crippen molar-refractivity contribution in [1.82, 2.24) is 5.32 Å². The molecule has 0 spiro atoms. The molecule has 1 aromatic rings. The standard InChI is InChI=1S/C13H12F2N2O3/c1-2-3-4-5-8-16-13(18)11-9(14)6-7-10(12(11)15)17(19)20/h1,6-7H,3-5,8H2,(H,16,18). The summed E-state index contributed by atoms with van der Waals surface area (Å²) in [6, 6.07) is 1.36. The number of carbonyl (C=O) groups is 1. The second-order valence-corrected chi connectivity index (χ2v) is 3.93. The van der Waals surface area contributed by atoms with E-state index in [-0.39, 0.29) is 6.54 Å². The third kappa shape index (κ3) is 3.75. The summed E-state index contributed by atoms with van der Waals surface area (Å²) in [6.07, 6.45) is 6.80. The maximum atomic E-state index is 13.7. The summed E-state index contributed by atoms with van der Waals surface area (Å²) in [6.45, 7) is 0.183. The van der Waals surface area contributed by atoms with Gasteiger partial charge in [0.05, 0.1) is 4.92 Å². The van der Waals surface area contributed by atoms with E-state index < -0.39 is 33.7 Å². The van der Waals surface area contributed by atoms with Gasteiger partial charge in [0.1, 0.15) is 11.4 Å². The van der Waals surface area contributed by atoms with Gasteiger partial charge in [-0.05, 0) is 18.9 Å². The molecular weight excluding hydrogens is 270 g/mol. The van der Waals surface area contributed by atoms with E-state index in [1.807, 2.05) is 0 Å². The van der Waals surface area contributed by atoms with Gasteiger partial charge in [-0.15, -0.1) is 12.3 Å². The number of rotatable bonds is 6. The average Bonchev–Trinajstić information content (AvgIpc) is 2.38. The molecule has 0 saturated carbocycles. The number of carbonyl (C=O) groups excluding carboxylic acids is 1. The first-order chi connectivity index (χ1) is 9.49. The van der Waals surface area contributed by atoms with E-state index in [0.29, 0.717) is 31.4 Å². The molecule has 0 aromatic heterocycles. The molecule has 1 aromatic carbocycles. The zero-order valence-electron chi connectivity index (χ0n) is 10.5. The number of halogens is 2. The highest BCUT2D eigenvalue weighted by Crippen LogP contribution is 2.22. The second kappa shape index (κ2) is 7.19. The highest BCUT2D eigenvalue weighted by atomic mass is 19.1. The largest absolute Gasteiger partial charge is 0.352 e. The molecule has 0 radical (unpaired) electrons. The molecule has 1 amide bonds. The zero-order valence-corrected chi connectivity index (χ0v) is 10.5. The number of nitro benzene ring substituents is 1. The Hall–Kier alpha value is -2.49. The quantitative estimate of drug-likeness (QED) is 0.377. The predicted octanol–water partition coefficient (Wildman–Crippen LogP) is 2.41. The van der Waals surface area contributed by atoms with Gasteiger partial charge in [-0.3, -0.25) is 14.9 Å². The van der Waals surface area contributed by atoms with Crippen LogP contribution >= 0.6 is 0 Å². The number of nitrogens with zero attached hydrogens (tertiary/aromatic N) is 1. The Morgan fingerprint density at radius 1 is 1.40 bits per heavy atom. The minimum atomic E-state index is -1.48. The summed E-state index contributed by atoms with van der Waals surface area (Å²) in [5, 5.41) is 12.8. The van der Waals surface area contributed by atoms with E-state index in [9.17, 15) is 23.7 Å². The third-order valence-electron chi connectivity index (χ3n) is 2.53. The van der Waals surface area contributed by atoms with Gasteiger partial charge in [-0.1, -0.05) is 0 Å². The molecule has 1 N–H and O–H groups in total. The summed E-state index contributed by atoms with van der Waals surface area (Å²) in [7, 11) is 0. The van der Waals surface area contributed by atoms with Crippen molar-refractivity contribution < 1.29 is 18.5 Å². The molecule has 0 aliphatic rings. The summed E-state index contributed by atoms with van der Waals surface area (Å²) in [5.41, 5.74) is -1.89. The Kier molecular flexibility index (Phi) is 5.59. The lowest BCUT2D eigenvalue weighted by molar-refractivity contribution is -0.387. The lowest BCUT2D eigenvalue weighted by atomic mass is 10.1. The van der Waals surface area contributed by atoms with Gasteiger partial charge in [0, 0.05) is 19.0 Å². The fraction of sp³-hybridized carbons (Fsp3) is 0.308. The molecular formula is C13H12F2N2O3. The van der Waals surface area contributed by atoms with Crippen molar-refractivity contribution in [3.05, 3.63) is 39.4 Å². The van der Waals surface area contributed by atoms with Crippen LogP contribution in [-0.4, -0.2) is 17.4 Å². The predicted molar refractivity (Wildman–Crippen MR) is 68.0 cm³/mol. The van der Waals surface area contributed by atoms with Crippen molar-refractivity contribution >= 4 is 11.6 Å². The lowest BCUT2D eigenvalue weighted by Crippen LogP contribution is -2.26. The number of hydrogen-bond acceptors (Lipinski definition) is 3. The van der Waals surface area contributed by atoms with Crippen LogP contribution in [0.15, 0.2) is 12.1 Å². The topological polar surface area (TPSA) is 72.2 Å². The van der Waals surface area contributed by atoms with E-state index >= 15 is 0 Å². The minimum absolute atomic E-state index is 0.183. The first kappa shape index (κ1) is 15.6. The Morgan fingerprint density at radius 3 is 2.70 bits per heavy atom. The van der Waals surface area contributed by atoms with Crippen LogP contribution in [0.3, 0.4) is 0 Å². The monoisotopic (exact) mass is 282 g/mol. The molecule has 0 heterocycles. The number of terminal acetylenes is 1. The molecule has 0 fully saturated rings. The lowest BCUT2D eigenvalue weighted by Gasteiger charge is -2.06. The Labute approximate surface area is 114 Å². The first-order valence-electron chi connectivity index (χ1n) is 5.83. The number of hydrogen-bond donors (Lipinski definition) is 1. The summed E-state index contributed by atoms with van der Waals surface area (Å²) >= 11 is 0. The van der Waals surface area contributed by atoms with Crippen molar-refractivity contribution in [2.24, 2.45) is 0 Å². The maximum Gasteiger partial charge on any atom is 0.305 e. The van der Waals surface area contributed by atoms with Gasteiger partial charge in [0.25, 0.3) is 5.91 Å². The van der Waals surface area contributed by atoms with E-state index in [0.717, 1.165) is 0 Å². The maximum absolute atomic E-state index is 13.7. The Balaban J connectivity index is 2.80. The summed E-state index contributed by atoms with van der Waals surface area (Å²) in [4.78, 5) is 21.2. The fourth-order valence-electron chi connectivity index (χ4n) is 1.53. The first-order valence-corrected chi connectivity index (χ1v) is 5.83. The fourth-order valence-corrected chi connectivity index (χ4v) is 1.53. The van der Waals surface area contributed by atoms with Crippen molar-refractivity contribution in [2.75, 3.05) is 6.54 Å². The van der Waals surface area contributed by atoms with E-state index in [1.165, 1.54) is 0 Å². The molecule has 7 heteroatoms. The zero-order chi connectivity index (χ0) is 15.1. The number of nitrogens with one attached hydrogen (secondary N) is 1. The molecule has 0 saturated heterocycles. The number of amides is 1. The molecule has 20 heavy (non-hydrogen) atoms. The molecule has 0 atom stereocenters. The van der Waals surface area contributed by atoms with Crippen LogP contribution in [0, 0.1) is 34.1 Å². The van der Waals surface area contributed by atoms with Crippen LogP contribution in [0.4, 0.5) is 14.5 Å². The van der Waals surface area contributed by atoms with Crippen LogP contribution in [-0.2, 0) is 0 Å². The van der Waals surface area contributed by atoms with Crippen LogP contribution in [0.5, 0.6) is 0 Å². The molecule has 0 aliphatic heterocycles. The van der Waals surface area contributed by atoms with E-state index in [2.05, 4.69) is 11.2 Å². The molecule has 5 nitrogen and oxygen atoms in total. The number of benzene rings is 1. The normalized spacial score (nSPS) is 9.85. The van der Waals surface area contributed by atoms with Gasteiger partial charge < -0.3 is 5.32 Å². The third-order valence-corrected chi connectivity index (χ3v) is 2.53. The summed E-state index contributed by atoms with van der Waals surface area (Å²) < 4.78 is 27.1. The van der Waals surface area contributed by atoms with Crippen LogP contribution in [0.25, 0.3) is 0 Å². The molecule has 0 unspecified atom stereocenters. The number of unbranched alkanes of at least 4 members (excludes halogenated alkanes) is 2. The van der Waals surface area contributed by atoms with E-state index in [4.69, 9.17) is 6.42 Å². The van der Waals surface area contributed by atoms with Crippen LogP contribution in [0.1, 0.15) is 29.6 Å². The average molecular weight is 282 g/mol. The van der Waals surface area contributed by atoms with E-state index in [1.54, 1.807) is 0 Å².